The molecule has 0 bridgehead atoms. The lowest BCUT2D eigenvalue weighted by atomic mass is 10.3. The van der Waals surface area contributed by atoms with Crippen LogP contribution in [-0.2, 0) is 4.74 Å². The Hall–Kier alpha value is -1.73. The Kier molecular flexibility index (Phi) is 5.72. The van der Waals surface area contributed by atoms with Gasteiger partial charge in [0.1, 0.15) is 5.15 Å². The van der Waals surface area contributed by atoms with Crippen LogP contribution in [0.15, 0.2) is 24.4 Å². The number of carbonyl (C=O) groups excluding carboxylic acids is 1. The maximum absolute atomic E-state index is 11.8. The fourth-order valence-electron chi connectivity index (χ4n) is 3.07. The summed E-state index contributed by atoms with van der Waals surface area (Å²) in [6, 6.07) is 5.07. The van der Waals surface area contributed by atoms with Crippen molar-refractivity contribution in [2.24, 2.45) is 0 Å². The molecule has 0 saturated heterocycles. The van der Waals surface area contributed by atoms with Crippen molar-refractivity contribution >= 4 is 27.6 Å². The van der Waals surface area contributed by atoms with Crippen molar-refractivity contribution < 1.29 is 14.3 Å². The van der Waals surface area contributed by atoms with Gasteiger partial charge in [0.2, 0.25) is 5.88 Å². The number of hydrogen-bond donors (Lipinski definition) is 0. The van der Waals surface area contributed by atoms with Gasteiger partial charge >= 0.3 is 5.97 Å². The van der Waals surface area contributed by atoms with E-state index in [-0.39, 0.29) is 17.3 Å². The molecule has 0 aliphatic heterocycles. The predicted octanol–water partition coefficient (Wildman–Crippen LogP) is 4.09. The molecule has 8 heteroatoms. The first kappa shape index (κ1) is 20.0. The summed E-state index contributed by atoms with van der Waals surface area (Å²) in [4.78, 5) is 16.0. The molecule has 1 aliphatic rings. The third-order valence-electron chi connectivity index (χ3n) is 5.04. The molecule has 2 aromatic heterocycles. The van der Waals surface area contributed by atoms with Gasteiger partial charge in [0.25, 0.3) is 0 Å². The first-order valence-electron chi connectivity index (χ1n) is 8.96. The van der Waals surface area contributed by atoms with E-state index in [0.717, 1.165) is 6.42 Å². The number of hydrogen-bond acceptors (Lipinski definition) is 5. The maximum atomic E-state index is 11.8. The number of esters is 1. The number of rotatable bonds is 8. The van der Waals surface area contributed by atoms with Crippen molar-refractivity contribution in [2.75, 3.05) is 32.0 Å². The molecule has 0 amide bonds. The molecule has 0 spiro atoms. The molecule has 0 atom stereocenters. The fraction of sp³-hybridized carbons (Fsp3) is 0.526. The van der Waals surface area contributed by atoms with Gasteiger partial charge < -0.3 is 9.47 Å². The van der Waals surface area contributed by atoms with E-state index in [1.165, 1.54) is 12.8 Å². The number of pyridine rings is 1. The highest BCUT2D eigenvalue weighted by Crippen LogP contribution is 2.66. The monoisotopic (exact) mass is 411 g/mol. The van der Waals surface area contributed by atoms with Gasteiger partial charge in [-0.05, 0) is 57.1 Å². The van der Waals surface area contributed by atoms with Crippen LogP contribution in [0.4, 0.5) is 0 Å². The van der Waals surface area contributed by atoms with Gasteiger partial charge in [-0.15, -0.1) is 5.10 Å². The lowest BCUT2D eigenvalue weighted by Crippen LogP contribution is -2.20. The second kappa shape index (κ2) is 7.72. The number of nitrogens with zero attached hydrogens (tertiary/aromatic N) is 3. The predicted molar refractivity (Wildman–Crippen MR) is 110 cm³/mol. The zero-order valence-electron chi connectivity index (χ0n) is 16.2. The van der Waals surface area contributed by atoms with Crippen molar-refractivity contribution in [3.05, 3.63) is 35.1 Å². The largest absolute Gasteiger partial charge is 0.477 e. The average Bonchev–Trinajstić information content (AvgIpc) is 3.25. The Morgan fingerprint density at radius 2 is 2.04 bits per heavy atom. The van der Waals surface area contributed by atoms with Crippen LogP contribution in [0.2, 0.25) is 5.15 Å². The Labute approximate surface area is 166 Å². The summed E-state index contributed by atoms with van der Waals surface area (Å²) in [6.45, 7) is 2.69. The van der Waals surface area contributed by atoms with Gasteiger partial charge in [0.05, 0.1) is 18.8 Å². The van der Waals surface area contributed by atoms with Crippen LogP contribution in [-0.4, -0.2) is 57.5 Å². The summed E-state index contributed by atoms with van der Waals surface area (Å²) in [5.74, 6) is 0.587. The lowest BCUT2D eigenvalue weighted by molar-refractivity contribution is 0.0526. The molecule has 1 saturated carbocycles. The van der Waals surface area contributed by atoms with Crippen LogP contribution < -0.4 is 4.74 Å². The van der Waals surface area contributed by atoms with Gasteiger partial charge in [-0.25, -0.2) is 24.5 Å². The van der Waals surface area contributed by atoms with Crippen molar-refractivity contribution in [3.8, 4) is 11.7 Å². The second-order valence-electron chi connectivity index (χ2n) is 7.45. The minimum absolute atomic E-state index is 0.0905. The molecule has 0 unspecified atom stereocenters. The van der Waals surface area contributed by atoms with Crippen LogP contribution >= 0.6 is 21.6 Å². The van der Waals surface area contributed by atoms with E-state index >= 15 is 0 Å². The van der Waals surface area contributed by atoms with Gasteiger partial charge in [0, 0.05) is 17.0 Å². The first-order valence-corrected chi connectivity index (χ1v) is 12.2. The van der Waals surface area contributed by atoms with E-state index < -0.39 is 16.0 Å². The Morgan fingerprint density at radius 3 is 2.63 bits per heavy atom. The van der Waals surface area contributed by atoms with Crippen LogP contribution in [0, 0.1) is 0 Å². The number of carbonyl (C=O) groups is 1. The lowest BCUT2D eigenvalue weighted by Gasteiger charge is -2.36. The molecule has 0 radical (unpaired) electrons. The minimum atomic E-state index is -0.572. The van der Waals surface area contributed by atoms with Gasteiger partial charge in [0.15, 0.2) is 5.82 Å². The quantitative estimate of drug-likeness (QED) is 0.483. The maximum Gasteiger partial charge on any atom is 0.341 e. The number of aromatic nitrogens is 3. The van der Waals surface area contributed by atoms with Crippen molar-refractivity contribution in [2.45, 2.75) is 30.9 Å². The molecule has 0 aromatic carbocycles. The Morgan fingerprint density at radius 1 is 1.30 bits per heavy atom. The van der Waals surface area contributed by atoms with E-state index in [1.54, 1.807) is 36.0 Å². The Balaban J connectivity index is 1.62. The normalized spacial score (nSPS) is 16.0. The molecular weight excluding hydrogens is 386 g/mol. The summed E-state index contributed by atoms with van der Waals surface area (Å²) in [5.41, 5.74) is 0.241. The molecule has 2 heterocycles. The Bertz CT molecular complexity index is 828. The fourth-order valence-corrected chi connectivity index (χ4v) is 5.32. The highest BCUT2D eigenvalue weighted by molar-refractivity contribution is 8.33. The molecule has 1 fully saturated rings. The highest BCUT2D eigenvalue weighted by Gasteiger charge is 2.48. The second-order valence-corrected chi connectivity index (χ2v) is 12.3. The standard InChI is InChI=1S/C19H26ClN3O3S/c1-5-25-18(24)14-6-7-15(21-17(14)20)23-12-8-16(22-23)26-13-11-19(9-10-19)27(2,3)4/h6-8,12H,5,9-11,13H2,1-4H3. The third-order valence-corrected chi connectivity index (χ3v) is 8.54. The van der Waals surface area contributed by atoms with Gasteiger partial charge in [-0.2, -0.15) is 0 Å². The minimum Gasteiger partial charge on any atom is -0.477 e. The summed E-state index contributed by atoms with van der Waals surface area (Å²) in [5, 5.41) is 4.49. The van der Waals surface area contributed by atoms with Crippen LogP contribution in [0.25, 0.3) is 5.82 Å². The summed E-state index contributed by atoms with van der Waals surface area (Å²) < 4.78 is 12.9. The highest BCUT2D eigenvalue weighted by atomic mass is 35.5. The summed E-state index contributed by atoms with van der Waals surface area (Å²) in [6.07, 6.45) is 12.6. The van der Waals surface area contributed by atoms with Crippen molar-refractivity contribution in [3.63, 3.8) is 0 Å². The first-order chi connectivity index (χ1) is 12.8. The van der Waals surface area contributed by atoms with Crippen LogP contribution in [0.3, 0.4) is 0 Å². The number of halogens is 1. The molecule has 148 valence electrons. The molecule has 3 rings (SSSR count). The summed E-state index contributed by atoms with van der Waals surface area (Å²) >= 11 is 6.12. The van der Waals surface area contributed by atoms with Crippen molar-refractivity contribution in [1.82, 2.24) is 14.8 Å². The number of ether oxygens (including phenoxy) is 2. The van der Waals surface area contributed by atoms with E-state index in [9.17, 15) is 4.79 Å². The average molecular weight is 412 g/mol. The molecule has 2 aromatic rings. The van der Waals surface area contributed by atoms with E-state index in [4.69, 9.17) is 21.1 Å². The van der Waals surface area contributed by atoms with E-state index in [1.807, 2.05) is 0 Å². The van der Waals surface area contributed by atoms with Gasteiger partial charge in [-0.3, -0.25) is 0 Å². The van der Waals surface area contributed by atoms with Gasteiger partial charge in [-0.1, -0.05) is 11.6 Å². The zero-order chi connectivity index (χ0) is 19.7. The van der Waals surface area contributed by atoms with E-state index in [2.05, 4.69) is 28.8 Å². The van der Waals surface area contributed by atoms with E-state index in [0.29, 0.717) is 23.1 Å². The molecule has 27 heavy (non-hydrogen) atoms. The molecular formula is C19H26ClN3O3S. The molecule has 0 N–H and O–H groups in total. The van der Waals surface area contributed by atoms with Crippen molar-refractivity contribution in [1.29, 1.82) is 0 Å². The summed E-state index contributed by atoms with van der Waals surface area (Å²) in [7, 11) is -0.572. The zero-order valence-corrected chi connectivity index (χ0v) is 17.8. The third kappa shape index (κ3) is 4.41. The topological polar surface area (TPSA) is 66.2 Å². The molecule has 1 aliphatic carbocycles. The smallest absolute Gasteiger partial charge is 0.341 e. The van der Waals surface area contributed by atoms with Crippen LogP contribution in [0.1, 0.15) is 36.5 Å². The SMILES string of the molecule is CCOC(=O)c1ccc(-n2ccc(OCCC3(S(C)(C)C)CC3)n2)nc1Cl. The molecule has 6 nitrogen and oxygen atoms in total. The van der Waals surface area contributed by atoms with Crippen LogP contribution in [0.5, 0.6) is 5.88 Å².